The summed E-state index contributed by atoms with van der Waals surface area (Å²) in [6.45, 7) is 1.98. The highest BCUT2D eigenvalue weighted by molar-refractivity contribution is 6.32. The molecule has 124 valence electrons. The van der Waals surface area contributed by atoms with E-state index in [2.05, 4.69) is 25.6 Å². The normalized spacial score (nSPS) is 15.5. The largest absolute Gasteiger partial charge is 0.489 e. The van der Waals surface area contributed by atoms with Crippen LogP contribution in [-0.2, 0) is 0 Å². The van der Waals surface area contributed by atoms with Crippen LogP contribution >= 0.6 is 11.6 Å². The lowest BCUT2D eigenvalue weighted by Gasteiger charge is -2.24. The predicted molar refractivity (Wildman–Crippen MR) is 95.1 cm³/mol. The number of nitrogens with zero attached hydrogens (tertiary/aromatic N) is 2. The number of H-pyrrole nitrogens is 1. The monoisotopic (exact) mass is 343 g/mol. The van der Waals surface area contributed by atoms with Crippen molar-refractivity contribution >= 4 is 34.1 Å². The van der Waals surface area contributed by atoms with Crippen LogP contribution in [0.15, 0.2) is 36.8 Å². The third-order valence-electron chi connectivity index (χ3n) is 4.12. The SMILES string of the molecule is Clc1cc(Nc2ncnc3cc[nH]c23)ccc1OC1CCNCC1. The zero-order valence-electron chi connectivity index (χ0n) is 13.1. The van der Waals surface area contributed by atoms with Crippen molar-refractivity contribution in [2.75, 3.05) is 18.4 Å². The zero-order chi connectivity index (χ0) is 16.4. The van der Waals surface area contributed by atoms with Gasteiger partial charge in [0.2, 0.25) is 0 Å². The number of ether oxygens (including phenoxy) is 1. The van der Waals surface area contributed by atoms with Crippen LogP contribution in [-0.4, -0.2) is 34.1 Å². The summed E-state index contributed by atoms with van der Waals surface area (Å²) in [5.74, 6) is 1.44. The van der Waals surface area contributed by atoms with E-state index < -0.39 is 0 Å². The quantitative estimate of drug-likeness (QED) is 0.676. The fraction of sp³-hybridized carbons (Fsp3) is 0.294. The first-order valence-electron chi connectivity index (χ1n) is 8.01. The van der Waals surface area contributed by atoms with Crippen molar-refractivity contribution in [2.24, 2.45) is 0 Å². The summed E-state index contributed by atoms with van der Waals surface area (Å²) in [5, 5.41) is 7.19. The number of fused-ring (bicyclic) bond motifs is 1. The van der Waals surface area contributed by atoms with E-state index in [-0.39, 0.29) is 6.10 Å². The van der Waals surface area contributed by atoms with E-state index in [1.807, 2.05) is 30.5 Å². The van der Waals surface area contributed by atoms with Gasteiger partial charge in [-0.2, -0.15) is 0 Å². The fourth-order valence-corrected chi connectivity index (χ4v) is 3.10. The Morgan fingerprint density at radius 3 is 2.88 bits per heavy atom. The minimum absolute atomic E-state index is 0.225. The first-order chi connectivity index (χ1) is 11.8. The Morgan fingerprint density at radius 1 is 1.17 bits per heavy atom. The summed E-state index contributed by atoms with van der Waals surface area (Å²) in [4.78, 5) is 11.6. The second-order valence-corrected chi connectivity index (χ2v) is 6.20. The molecule has 3 N–H and O–H groups in total. The summed E-state index contributed by atoms with van der Waals surface area (Å²) >= 11 is 6.39. The maximum Gasteiger partial charge on any atom is 0.158 e. The van der Waals surface area contributed by atoms with E-state index in [0.29, 0.717) is 10.8 Å². The van der Waals surface area contributed by atoms with Crippen LogP contribution in [0.5, 0.6) is 5.75 Å². The number of aromatic nitrogens is 3. The maximum atomic E-state index is 6.39. The average molecular weight is 344 g/mol. The second-order valence-electron chi connectivity index (χ2n) is 5.80. The number of nitrogens with one attached hydrogen (secondary N) is 3. The van der Waals surface area contributed by atoms with E-state index in [1.54, 1.807) is 0 Å². The smallest absolute Gasteiger partial charge is 0.158 e. The molecular weight excluding hydrogens is 326 g/mol. The van der Waals surface area contributed by atoms with Crippen LogP contribution in [0.4, 0.5) is 11.5 Å². The summed E-state index contributed by atoms with van der Waals surface area (Å²) in [5.41, 5.74) is 2.58. The van der Waals surface area contributed by atoms with Gasteiger partial charge in [0.25, 0.3) is 0 Å². The van der Waals surface area contributed by atoms with Gasteiger partial charge in [0.05, 0.1) is 10.5 Å². The van der Waals surface area contributed by atoms with Gasteiger partial charge in [-0.3, -0.25) is 0 Å². The van der Waals surface area contributed by atoms with Crippen molar-refractivity contribution in [3.8, 4) is 5.75 Å². The number of aromatic amines is 1. The Hall–Kier alpha value is -2.31. The Labute approximate surface area is 144 Å². The summed E-state index contributed by atoms with van der Waals surface area (Å²) in [6, 6.07) is 7.61. The van der Waals surface area contributed by atoms with E-state index in [4.69, 9.17) is 16.3 Å². The number of hydrogen-bond donors (Lipinski definition) is 3. The molecule has 0 unspecified atom stereocenters. The molecule has 3 heterocycles. The van der Waals surface area contributed by atoms with Gasteiger partial charge in [-0.05, 0) is 50.2 Å². The number of hydrogen-bond acceptors (Lipinski definition) is 5. The van der Waals surface area contributed by atoms with E-state index in [0.717, 1.165) is 48.4 Å². The third kappa shape index (κ3) is 3.16. The van der Waals surface area contributed by atoms with Crippen LogP contribution in [0.2, 0.25) is 5.02 Å². The molecule has 0 atom stereocenters. The number of anilines is 2. The molecule has 0 radical (unpaired) electrons. The van der Waals surface area contributed by atoms with Gasteiger partial charge in [-0.25, -0.2) is 9.97 Å². The van der Waals surface area contributed by atoms with Crippen LogP contribution < -0.4 is 15.4 Å². The van der Waals surface area contributed by atoms with Crippen molar-refractivity contribution in [3.63, 3.8) is 0 Å². The summed E-state index contributed by atoms with van der Waals surface area (Å²) < 4.78 is 6.02. The van der Waals surface area contributed by atoms with Gasteiger partial charge >= 0.3 is 0 Å². The highest BCUT2D eigenvalue weighted by Gasteiger charge is 2.16. The molecule has 1 aliphatic rings. The van der Waals surface area contributed by atoms with Gasteiger partial charge in [0.1, 0.15) is 23.7 Å². The lowest BCUT2D eigenvalue weighted by molar-refractivity contribution is 0.162. The number of benzene rings is 1. The van der Waals surface area contributed by atoms with Crippen molar-refractivity contribution in [2.45, 2.75) is 18.9 Å². The van der Waals surface area contributed by atoms with Crippen LogP contribution in [0.1, 0.15) is 12.8 Å². The van der Waals surface area contributed by atoms with E-state index >= 15 is 0 Å². The standard InChI is InChI=1S/C17H18ClN5O/c18-13-9-11(1-2-15(13)24-12-3-6-19-7-4-12)23-17-16-14(5-8-20-16)21-10-22-17/h1-2,5,8-10,12,19-20H,3-4,6-7H2,(H,21,22,23). The van der Waals surface area contributed by atoms with Crippen LogP contribution in [0.3, 0.4) is 0 Å². The van der Waals surface area contributed by atoms with Crippen molar-refractivity contribution in [1.29, 1.82) is 0 Å². The molecule has 0 amide bonds. The Kier molecular flexibility index (Phi) is 4.23. The summed E-state index contributed by atoms with van der Waals surface area (Å²) in [7, 11) is 0. The Morgan fingerprint density at radius 2 is 2.04 bits per heavy atom. The molecule has 0 bridgehead atoms. The van der Waals surface area contributed by atoms with Gasteiger partial charge in [0, 0.05) is 11.9 Å². The van der Waals surface area contributed by atoms with Crippen LogP contribution in [0, 0.1) is 0 Å². The van der Waals surface area contributed by atoms with E-state index in [9.17, 15) is 0 Å². The molecule has 6 nitrogen and oxygen atoms in total. The fourth-order valence-electron chi connectivity index (χ4n) is 2.87. The topological polar surface area (TPSA) is 74.9 Å². The molecule has 3 aromatic rings. The zero-order valence-corrected chi connectivity index (χ0v) is 13.8. The minimum Gasteiger partial charge on any atom is -0.489 e. The van der Waals surface area contributed by atoms with Crippen molar-refractivity contribution < 1.29 is 4.74 Å². The highest BCUT2D eigenvalue weighted by atomic mass is 35.5. The molecule has 0 saturated carbocycles. The molecule has 0 aliphatic carbocycles. The molecule has 4 rings (SSSR count). The molecular formula is C17H18ClN5O. The number of halogens is 1. The average Bonchev–Trinajstić information content (AvgIpc) is 3.08. The number of piperidine rings is 1. The Balaban J connectivity index is 1.52. The molecule has 1 saturated heterocycles. The lowest BCUT2D eigenvalue weighted by atomic mass is 10.1. The van der Waals surface area contributed by atoms with E-state index in [1.165, 1.54) is 6.33 Å². The predicted octanol–water partition coefficient (Wildman–Crippen LogP) is 3.49. The molecule has 0 spiro atoms. The Bertz CT molecular complexity index is 844. The van der Waals surface area contributed by atoms with Gasteiger partial charge < -0.3 is 20.4 Å². The minimum atomic E-state index is 0.225. The first kappa shape index (κ1) is 15.2. The molecule has 1 fully saturated rings. The van der Waals surface area contributed by atoms with Gasteiger partial charge in [-0.1, -0.05) is 11.6 Å². The van der Waals surface area contributed by atoms with Gasteiger partial charge in [-0.15, -0.1) is 0 Å². The molecule has 24 heavy (non-hydrogen) atoms. The summed E-state index contributed by atoms with van der Waals surface area (Å²) in [6.07, 6.45) is 5.61. The van der Waals surface area contributed by atoms with Crippen molar-refractivity contribution in [1.82, 2.24) is 20.3 Å². The maximum absolute atomic E-state index is 6.39. The molecule has 7 heteroatoms. The lowest BCUT2D eigenvalue weighted by Crippen LogP contribution is -2.34. The highest BCUT2D eigenvalue weighted by Crippen LogP contribution is 2.31. The first-order valence-corrected chi connectivity index (χ1v) is 8.39. The van der Waals surface area contributed by atoms with Gasteiger partial charge in [0.15, 0.2) is 5.82 Å². The molecule has 1 aromatic carbocycles. The third-order valence-corrected chi connectivity index (χ3v) is 4.42. The second kappa shape index (κ2) is 6.67. The number of rotatable bonds is 4. The molecule has 1 aliphatic heterocycles. The van der Waals surface area contributed by atoms with Crippen molar-refractivity contribution in [3.05, 3.63) is 41.8 Å². The van der Waals surface area contributed by atoms with Crippen LogP contribution in [0.25, 0.3) is 11.0 Å². The molecule has 2 aromatic heterocycles.